The van der Waals surface area contributed by atoms with Gasteiger partial charge in [0.05, 0.1) is 10.9 Å². The van der Waals surface area contributed by atoms with Gasteiger partial charge in [0, 0.05) is 12.1 Å². The fourth-order valence-electron chi connectivity index (χ4n) is 3.18. The van der Waals surface area contributed by atoms with Crippen molar-refractivity contribution in [2.75, 3.05) is 0 Å². The molecule has 0 radical (unpaired) electrons. The molecule has 1 aliphatic carbocycles. The number of rotatable bonds is 4. The minimum atomic E-state index is -0.222. The predicted molar refractivity (Wildman–Crippen MR) is 92.2 cm³/mol. The molecule has 1 aromatic heterocycles. The highest BCUT2D eigenvalue weighted by atomic mass is 32.2. The third-order valence-electron chi connectivity index (χ3n) is 4.43. The van der Waals surface area contributed by atoms with Crippen LogP contribution in [-0.4, -0.2) is 21.7 Å². The zero-order valence-corrected chi connectivity index (χ0v) is 14.3. The topological polar surface area (TPSA) is 64.0 Å². The second-order valence-electron chi connectivity index (χ2n) is 6.31. The highest BCUT2D eigenvalue weighted by molar-refractivity contribution is 8.03. The lowest BCUT2D eigenvalue weighted by atomic mass is 9.95. The van der Waals surface area contributed by atoms with E-state index >= 15 is 0 Å². The second kappa shape index (κ2) is 7.34. The van der Waals surface area contributed by atoms with E-state index in [1.165, 1.54) is 34.9 Å². The van der Waals surface area contributed by atoms with E-state index in [1.54, 1.807) is 17.8 Å². The zero-order chi connectivity index (χ0) is 16.2. The Labute approximate surface area is 140 Å². The van der Waals surface area contributed by atoms with Crippen molar-refractivity contribution < 1.29 is 4.79 Å². The van der Waals surface area contributed by atoms with Crippen LogP contribution in [0.4, 0.5) is 0 Å². The molecule has 0 aromatic carbocycles. The van der Waals surface area contributed by atoms with E-state index < -0.39 is 0 Å². The first-order valence-corrected chi connectivity index (χ1v) is 9.20. The Bertz CT molecular complexity index is 662. The molecule has 1 amide bonds. The van der Waals surface area contributed by atoms with Crippen molar-refractivity contribution in [3.63, 3.8) is 0 Å². The molecule has 0 spiro atoms. The smallest absolute Gasteiger partial charge is 0.267 e. The summed E-state index contributed by atoms with van der Waals surface area (Å²) >= 11 is 1.76. The van der Waals surface area contributed by atoms with Crippen LogP contribution < -0.4 is 10.9 Å². The lowest BCUT2D eigenvalue weighted by Crippen LogP contribution is -2.40. The van der Waals surface area contributed by atoms with Gasteiger partial charge in [-0.2, -0.15) is 5.10 Å². The van der Waals surface area contributed by atoms with E-state index in [-0.39, 0.29) is 29.3 Å². The highest BCUT2D eigenvalue weighted by Gasteiger charge is 2.20. The van der Waals surface area contributed by atoms with Gasteiger partial charge in [-0.25, -0.2) is 4.68 Å². The van der Waals surface area contributed by atoms with Gasteiger partial charge < -0.3 is 5.32 Å². The molecule has 1 fully saturated rings. The summed E-state index contributed by atoms with van der Waals surface area (Å²) in [5.74, 6) is -0.114. The average Bonchev–Trinajstić information content (AvgIpc) is 2.97. The molecule has 1 N–H and O–H groups in total. The number of allylic oxidation sites excluding steroid dienone is 2. The number of carbonyl (C=O) groups is 1. The van der Waals surface area contributed by atoms with Crippen molar-refractivity contribution >= 4 is 17.7 Å². The minimum absolute atomic E-state index is 0.00692. The van der Waals surface area contributed by atoms with E-state index in [0.29, 0.717) is 0 Å². The maximum atomic E-state index is 12.2. The lowest BCUT2D eigenvalue weighted by Gasteiger charge is -2.22. The summed E-state index contributed by atoms with van der Waals surface area (Å²) in [6.07, 6.45) is 8.78. The minimum Gasteiger partial charge on any atom is -0.352 e. The Morgan fingerprint density at radius 1 is 1.35 bits per heavy atom. The predicted octanol–water partition coefficient (Wildman–Crippen LogP) is 2.77. The van der Waals surface area contributed by atoms with Gasteiger partial charge in [0.1, 0.15) is 6.54 Å². The quantitative estimate of drug-likeness (QED) is 0.920. The van der Waals surface area contributed by atoms with E-state index in [1.807, 2.05) is 0 Å². The van der Waals surface area contributed by atoms with Gasteiger partial charge in [-0.05, 0) is 37.2 Å². The third-order valence-corrected chi connectivity index (χ3v) is 5.69. The number of carbonyl (C=O) groups excluding carboxylic acids is 1. The molecule has 124 valence electrons. The van der Waals surface area contributed by atoms with Gasteiger partial charge in [0.25, 0.3) is 5.56 Å². The lowest BCUT2D eigenvalue weighted by molar-refractivity contribution is -0.122. The van der Waals surface area contributed by atoms with Crippen molar-refractivity contribution in [1.29, 1.82) is 0 Å². The molecular weight excluding hydrogens is 310 g/mol. The molecule has 2 heterocycles. The van der Waals surface area contributed by atoms with Gasteiger partial charge in [0.15, 0.2) is 0 Å². The molecule has 1 aliphatic heterocycles. The normalized spacial score (nSPS) is 22.0. The molecule has 0 saturated heterocycles. The Hall–Kier alpha value is -1.56. The van der Waals surface area contributed by atoms with E-state index in [0.717, 1.165) is 25.0 Å². The number of hydrogen-bond acceptors (Lipinski definition) is 4. The van der Waals surface area contributed by atoms with Crippen LogP contribution in [0.3, 0.4) is 0 Å². The summed E-state index contributed by atoms with van der Waals surface area (Å²) in [4.78, 5) is 25.5. The van der Waals surface area contributed by atoms with Gasteiger partial charge in [-0.3, -0.25) is 9.59 Å². The molecular formula is C17H23N3O2S. The molecule has 5 nitrogen and oxygen atoms in total. The number of nitrogens with zero attached hydrogens (tertiary/aromatic N) is 2. The van der Waals surface area contributed by atoms with Gasteiger partial charge in [-0.15, -0.1) is 11.8 Å². The van der Waals surface area contributed by atoms with Crippen molar-refractivity contribution in [3.8, 4) is 0 Å². The fraction of sp³-hybridized carbons (Fsp3) is 0.588. The summed E-state index contributed by atoms with van der Waals surface area (Å²) in [5, 5.41) is 7.70. The summed E-state index contributed by atoms with van der Waals surface area (Å²) in [5.41, 5.74) is 0.647. The molecule has 1 saturated carbocycles. The summed E-state index contributed by atoms with van der Waals surface area (Å²) in [7, 11) is 0. The van der Waals surface area contributed by atoms with E-state index in [4.69, 9.17) is 0 Å². The van der Waals surface area contributed by atoms with Crippen LogP contribution >= 0.6 is 11.8 Å². The maximum absolute atomic E-state index is 12.2. The van der Waals surface area contributed by atoms with Gasteiger partial charge in [-0.1, -0.05) is 25.3 Å². The monoisotopic (exact) mass is 333 g/mol. The summed E-state index contributed by atoms with van der Waals surface area (Å²) in [6.45, 7) is 2.09. The van der Waals surface area contributed by atoms with Crippen LogP contribution in [0.1, 0.15) is 56.4 Å². The number of aromatic nitrogens is 2. The molecule has 3 rings (SSSR count). The Balaban J connectivity index is 1.64. The Morgan fingerprint density at radius 2 is 2.13 bits per heavy atom. The number of thioether (sulfide) groups is 1. The fourth-order valence-corrected chi connectivity index (χ4v) is 4.26. The van der Waals surface area contributed by atoms with E-state index in [9.17, 15) is 9.59 Å². The van der Waals surface area contributed by atoms with Crippen LogP contribution in [0, 0.1) is 0 Å². The SMILES string of the molecule is CC1=CCC(c2ccc(=O)n(CC(=O)NC3CCCCC3)n2)S1. The number of nitrogens with one attached hydrogen (secondary N) is 1. The Kier molecular flexibility index (Phi) is 5.20. The average molecular weight is 333 g/mol. The maximum Gasteiger partial charge on any atom is 0.267 e. The van der Waals surface area contributed by atoms with Crippen molar-refractivity contribution in [2.24, 2.45) is 0 Å². The largest absolute Gasteiger partial charge is 0.352 e. The first kappa shape index (κ1) is 16.3. The summed E-state index contributed by atoms with van der Waals surface area (Å²) < 4.78 is 1.29. The third kappa shape index (κ3) is 4.25. The Morgan fingerprint density at radius 3 is 2.83 bits per heavy atom. The van der Waals surface area contributed by atoms with Crippen LogP contribution in [-0.2, 0) is 11.3 Å². The van der Waals surface area contributed by atoms with Gasteiger partial charge >= 0.3 is 0 Å². The second-order valence-corrected chi connectivity index (χ2v) is 7.76. The van der Waals surface area contributed by atoms with Crippen LogP contribution in [0.25, 0.3) is 0 Å². The number of amides is 1. The molecule has 1 atom stereocenters. The molecule has 0 bridgehead atoms. The first-order valence-electron chi connectivity index (χ1n) is 8.32. The van der Waals surface area contributed by atoms with Crippen molar-refractivity contribution in [3.05, 3.63) is 39.2 Å². The van der Waals surface area contributed by atoms with Crippen LogP contribution in [0.2, 0.25) is 0 Å². The van der Waals surface area contributed by atoms with E-state index in [2.05, 4.69) is 23.4 Å². The number of hydrogen-bond donors (Lipinski definition) is 1. The zero-order valence-electron chi connectivity index (χ0n) is 13.5. The molecule has 1 aromatic rings. The van der Waals surface area contributed by atoms with Crippen molar-refractivity contribution in [2.45, 2.75) is 63.3 Å². The first-order chi connectivity index (χ1) is 11.1. The van der Waals surface area contributed by atoms with Crippen molar-refractivity contribution in [1.82, 2.24) is 15.1 Å². The molecule has 1 unspecified atom stereocenters. The molecule has 2 aliphatic rings. The highest BCUT2D eigenvalue weighted by Crippen LogP contribution is 2.42. The van der Waals surface area contributed by atoms with Gasteiger partial charge in [0.2, 0.25) is 5.91 Å². The molecule has 23 heavy (non-hydrogen) atoms. The summed E-state index contributed by atoms with van der Waals surface area (Å²) in [6, 6.07) is 3.55. The standard InChI is InChI=1S/C17H23N3O2S/c1-12-7-9-15(23-12)14-8-10-17(22)20(19-14)11-16(21)18-13-5-3-2-4-6-13/h7-8,10,13,15H,2-6,9,11H2,1H3,(H,18,21). The van der Waals surface area contributed by atoms with Crippen LogP contribution in [0.15, 0.2) is 27.9 Å². The molecule has 6 heteroatoms. The van der Waals surface area contributed by atoms with Crippen LogP contribution in [0.5, 0.6) is 0 Å².